The Labute approximate surface area is 143 Å². The van der Waals surface area contributed by atoms with Crippen molar-refractivity contribution < 1.29 is 4.79 Å². The molecule has 0 radical (unpaired) electrons. The van der Waals surface area contributed by atoms with E-state index in [9.17, 15) is 14.4 Å². The van der Waals surface area contributed by atoms with Crippen LogP contribution in [0.5, 0.6) is 0 Å². The van der Waals surface area contributed by atoms with E-state index in [1.54, 1.807) is 12.4 Å². The molecule has 0 saturated heterocycles. The van der Waals surface area contributed by atoms with E-state index in [1.165, 1.54) is 24.7 Å². The van der Waals surface area contributed by atoms with Gasteiger partial charge < -0.3 is 0 Å². The molecule has 3 heterocycles. The molecule has 0 fully saturated rings. The predicted molar refractivity (Wildman–Crippen MR) is 93.0 cm³/mol. The number of aromatic nitrogens is 5. The van der Waals surface area contributed by atoms with Gasteiger partial charge in [0.05, 0.1) is 18.3 Å². The molecule has 3 aromatic heterocycles. The third-order valence-corrected chi connectivity index (χ3v) is 4.06. The highest BCUT2D eigenvalue weighted by molar-refractivity contribution is 5.93. The van der Waals surface area contributed by atoms with E-state index >= 15 is 0 Å². The van der Waals surface area contributed by atoms with E-state index in [0.717, 1.165) is 21.2 Å². The van der Waals surface area contributed by atoms with E-state index < -0.39 is 11.2 Å². The summed E-state index contributed by atoms with van der Waals surface area (Å²) in [6, 6.07) is 2.10. The van der Waals surface area contributed by atoms with E-state index in [0.29, 0.717) is 0 Å². The maximum Gasteiger partial charge on any atom is 0.331 e. The lowest BCUT2D eigenvalue weighted by Gasteiger charge is -2.10. The molecule has 0 unspecified atom stereocenters. The van der Waals surface area contributed by atoms with Gasteiger partial charge in [0.15, 0.2) is 11.4 Å². The molecule has 0 bridgehead atoms. The van der Waals surface area contributed by atoms with Crippen molar-refractivity contribution in [2.45, 2.75) is 33.4 Å². The molecule has 0 atom stereocenters. The van der Waals surface area contributed by atoms with Gasteiger partial charge in [-0.1, -0.05) is 0 Å². The van der Waals surface area contributed by atoms with Gasteiger partial charge in [-0.2, -0.15) is 5.10 Å². The number of nitrogens with zero attached hydrogens (tertiary/aromatic N) is 5. The van der Waals surface area contributed by atoms with Crippen LogP contribution in [0.25, 0.3) is 11.0 Å². The summed E-state index contributed by atoms with van der Waals surface area (Å²) in [6.07, 6.45) is 4.72. The summed E-state index contributed by atoms with van der Waals surface area (Å²) in [5.41, 5.74) is 0.485. The molecule has 0 spiro atoms. The number of rotatable bonds is 4. The van der Waals surface area contributed by atoms with Gasteiger partial charge in [-0.3, -0.25) is 18.7 Å². The van der Waals surface area contributed by atoms with Crippen molar-refractivity contribution in [3.63, 3.8) is 0 Å². The molecule has 8 heteroatoms. The van der Waals surface area contributed by atoms with Gasteiger partial charge in [0.2, 0.25) is 0 Å². The van der Waals surface area contributed by atoms with Crippen molar-refractivity contribution in [2.24, 2.45) is 7.05 Å². The first-order chi connectivity index (χ1) is 11.8. The fourth-order valence-electron chi connectivity index (χ4n) is 2.73. The van der Waals surface area contributed by atoms with E-state index in [2.05, 4.69) is 10.1 Å². The summed E-state index contributed by atoms with van der Waals surface area (Å²) in [4.78, 5) is 40.3. The smallest absolute Gasteiger partial charge is 0.295 e. The Morgan fingerprint density at radius 3 is 2.60 bits per heavy atom. The number of carbonyl (C=O) groups excluding carboxylic acids is 1. The largest absolute Gasteiger partial charge is 0.331 e. The normalized spacial score (nSPS) is 11.4. The summed E-state index contributed by atoms with van der Waals surface area (Å²) >= 11 is 0. The summed E-state index contributed by atoms with van der Waals surface area (Å²) in [5.74, 6) is -0.374. The standard InChI is InChI=1S/C17H19N5O3/c1-10(2)22-15-13(7-19-22)5-12(6-18-15)8-21-9-14(11(3)23)16(24)20(4)17(21)25/h5-7,9-10H,8H2,1-4H3. The fraction of sp³-hybridized carbons (Fsp3) is 0.353. The van der Waals surface area contributed by atoms with Crippen LogP contribution < -0.4 is 11.2 Å². The minimum absolute atomic E-state index is 0.0104. The quantitative estimate of drug-likeness (QED) is 0.663. The molecule has 3 rings (SSSR count). The van der Waals surface area contributed by atoms with Crippen molar-refractivity contribution in [3.05, 3.63) is 56.6 Å². The lowest BCUT2D eigenvalue weighted by atomic mass is 10.2. The molecule has 8 nitrogen and oxygen atoms in total. The molecular formula is C17H19N5O3. The highest BCUT2D eigenvalue weighted by Crippen LogP contribution is 2.17. The van der Waals surface area contributed by atoms with Crippen LogP contribution in [0.15, 0.2) is 34.2 Å². The number of hydrogen-bond donors (Lipinski definition) is 0. The molecule has 0 saturated carbocycles. The SMILES string of the molecule is CC(=O)c1cn(Cc2cnc3c(cnn3C(C)C)c2)c(=O)n(C)c1=O. The molecule has 0 N–H and O–H groups in total. The average Bonchev–Trinajstić information content (AvgIpc) is 2.98. The number of pyridine rings is 1. The first-order valence-corrected chi connectivity index (χ1v) is 7.93. The first-order valence-electron chi connectivity index (χ1n) is 7.93. The topological polar surface area (TPSA) is 91.8 Å². The molecule has 25 heavy (non-hydrogen) atoms. The van der Waals surface area contributed by atoms with Crippen LogP contribution in [0.1, 0.15) is 42.7 Å². The van der Waals surface area contributed by atoms with E-state index in [-0.39, 0.29) is 23.9 Å². The second-order valence-electron chi connectivity index (χ2n) is 6.31. The third-order valence-electron chi connectivity index (χ3n) is 4.06. The van der Waals surface area contributed by atoms with Crippen LogP contribution in [-0.2, 0) is 13.6 Å². The Bertz CT molecular complexity index is 1090. The Hall–Kier alpha value is -3.03. The van der Waals surface area contributed by atoms with E-state index in [1.807, 2.05) is 24.6 Å². The summed E-state index contributed by atoms with van der Waals surface area (Å²) in [6.45, 7) is 5.56. The van der Waals surface area contributed by atoms with Crippen LogP contribution >= 0.6 is 0 Å². The van der Waals surface area contributed by atoms with Crippen molar-refractivity contribution >= 4 is 16.8 Å². The van der Waals surface area contributed by atoms with Crippen LogP contribution in [0.2, 0.25) is 0 Å². The third kappa shape index (κ3) is 2.90. The Morgan fingerprint density at radius 2 is 1.96 bits per heavy atom. The monoisotopic (exact) mass is 341 g/mol. The van der Waals surface area contributed by atoms with Gasteiger partial charge in [-0.05, 0) is 32.4 Å². The fourth-order valence-corrected chi connectivity index (χ4v) is 2.73. The molecular weight excluding hydrogens is 322 g/mol. The van der Waals surface area contributed by atoms with Crippen LogP contribution in [0.3, 0.4) is 0 Å². The van der Waals surface area contributed by atoms with Gasteiger partial charge in [0.1, 0.15) is 0 Å². The highest BCUT2D eigenvalue weighted by Gasteiger charge is 2.13. The average molecular weight is 341 g/mol. The zero-order valence-corrected chi connectivity index (χ0v) is 14.6. The summed E-state index contributed by atoms with van der Waals surface area (Å²) < 4.78 is 4.11. The minimum Gasteiger partial charge on any atom is -0.295 e. The van der Waals surface area contributed by atoms with Gasteiger partial charge in [-0.15, -0.1) is 0 Å². The molecule has 0 aliphatic carbocycles. The second-order valence-corrected chi connectivity index (χ2v) is 6.31. The van der Waals surface area contributed by atoms with Crippen LogP contribution in [0.4, 0.5) is 0 Å². The minimum atomic E-state index is -0.583. The highest BCUT2D eigenvalue weighted by atomic mass is 16.2. The molecule has 3 aromatic rings. The lowest BCUT2D eigenvalue weighted by Crippen LogP contribution is -2.40. The van der Waals surface area contributed by atoms with Gasteiger partial charge in [0.25, 0.3) is 5.56 Å². The van der Waals surface area contributed by atoms with Crippen LogP contribution in [0, 0.1) is 0 Å². The van der Waals surface area contributed by atoms with Gasteiger partial charge in [0, 0.05) is 30.9 Å². The summed E-state index contributed by atoms with van der Waals surface area (Å²) in [5, 5.41) is 5.19. The van der Waals surface area contributed by atoms with Gasteiger partial charge in [-0.25, -0.2) is 14.5 Å². The second kappa shape index (κ2) is 6.12. The van der Waals surface area contributed by atoms with Crippen molar-refractivity contribution in [1.82, 2.24) is 23.9 Å². The zero-order chi connectivity index (χ0) is 18.3. The van der Waals surface area contributed by atoms with E-state index in [4.69, 9.17) is 0 Å². The van der Waals surface area contributed by atoms with Crippen LogP contribution in [-0.4, -0.2) is 29.7 Å². The molecule has 130 valence electrons. The maximum atomic E-state index is 12.3. The predicted octanol–water partition coefficient (Wildman–Crippen LogP) is 1.12. The van der Waals surface area contributed by atoms with Crippen molar-refractivity contribution in [3.8, 4) is 0 Å². The molecule has 0 aliphatic heterocycles. The first kappa shape index (κ1) is 16.8. The Morgan fingerprint density at radius 1 is 1.24 bits per heavy atom. The number of Topliss-reactive ketones (excluding diaryl/α,β-unsaturated/α-hetero) is 1. The molecule has 0 aliphatic rings. The number of carbonyl (C=O) groups is 1. The number of hydrogen-bond acceptors (Lipinski definition) is 5. The molecule has 0 aromatic carbocycles. The van der Waals surface area contributed by atoms with Crippen molar-refractivity contribution in [2.75, 3.05) is 0 Å². The Balaban J connectivity index is 2.06. The lowest BCUT2D eigenvalue weighted by molar-refractivity contribution is 0.101. The van der Waals surface area contributed by atoms with Gasteiger partial charge >= 0.3 is 5.69 Å². The summed E-state index contributed by atoms with van der Waals surface area (Å²) in [7, 11) is 1.36. The zero-order valence-electron chi connectivity index (χ0n) is 14.6. The van der Waals surface area contributed by atoms with Crippen molar-refractivity contribution in [1.29, 1.82) is 0 Å². The maximum absolute atomic E-state index is 12.3. The Kier molecular flexibility index (Phi) is 4.12. The molecule has 0 amide bonds. The number of fused-ring (bicyclic) bond motifs is 1. The number of ketones is 1.